The second kappa shape index (κ2) is 9.65. The second-order valence-corrected chi connectivity index (χ2v) is 12.1. The van der Waals surface area contributed by atoms with Gasteiger partial charge in [0.1, 0.15) is 27.3 Å². The highest BCUT2D eigenvalue weighted by Gasteiger charge is 2.15. The molecule has 0 spiro atoms. The van der Waals surface area contributed by atoms with Crippen molar-refractivity contribution in [3.05, 3.63) is 126 Å². The number of nitriles is 2. The molecular formula is C39H19N3O2S. The van der Waals surface area contributed by atoms with Gasteiger partial charge in [-0.15, -0.1) is 11.3 Å². The van der Waals surface area contributed by atoms with Gasteiger partial charge in [-0.2, -0.15) is 10.5 Å². The summed E-state index contributed by atoms with van der Waals surface area (Å²) in [6, 6.07) is 42.8. The standard InChI is InChI=1S/C39H19N3O2S/c40-20-22-5-9-29-31-11-7-24(18-36(31)43-34(29)13-22)26-15-27(17-28(16-26)39-42-33-3-1-2-4-38(33)45-39)25-8-12-32-30-10-6-23(21-41)14-35(30)44-37(32)19-25/h1-19H. The first-order valence-corrected chi connectivity index (χ1v) is 15.2. The molecule has 0 aliphatic heterocycles. The minimum atomic E-state index is 0.571. The minimum absolute atomic E-state index is 0.571. The summed E-state index contributed by atoms with van der Waals surface area (Å²) in [7, 11) is 0. The summed E-state index contributed by atoms with van der Waals surface area (Å²) in [6.07, 6.45) is 0. The van der Waals surface area contributed by atoms with Crippen LogP contribution in [0.25, 0.3) is 86.9 Å². The zero-order chi connectivity index (χ0) is 30.1. The van der Waals surface area contributed by atoms with Crippen LogP contribution in [0.3, 0.4) is 0 Å². The fourth-order valence-electron chi connectivity index (χ4n) is 6.13. The Morgan fingerprint density at radius 3 is 1.51 bits per heavy atom. The summed E-state index contributed by atoms with van der Waals surface area (Å²) >= 11 is 1.68. The van der Waals surface area contributed by atoms with Gasteiger partial charge < -0.3 is 8.83 Å². The van der Waals surface area contributed by atoms with Crippen LogP contribution < -0.4 is 0 Å². The number of hydrogen-bond acceptors (Lipinski definition) is 6. The molecule has 9 aromatic rings. The molecule has 3 heterocycles. The molecule has 0 unspecified atom stereocenters. The Bertz CT molecular complexity index is 2570. The molecule has 0 fully saturated rings. The first-order chi connectivity index (χ1) is 22.1. The van der Waals surface area contributed by atoms with Gasteiger partial charge in [0.05, 0.1) is 33.5 Å². The smallest absolute Gasteiger partial charge is 0.136 e. The molecule has 5 nitrogen and oxygen atoms in total. The average molecular weight is 594 g/mol. The molecule has 9 rings (SSSR count). The maximum Gasteiger partial charge on any atom is 0.136 e. The Kier molecular flexibility index (Phi) is 5.43. The summed E-state index contributed by atoms with van der Waals surface area (Å²) in [6.45, 7) is 0. The first kappa shape index (κ1) is 25.3. The van der Waals surface area contributed by atoms with Crippen LogP contribution in [0, 0.1) is 22.7 Å². The van der Waals surface area contributed by atoms with Crippen molar-refractivity contribution in [1.82, 2.24) is 4.98 Å². The predicted molar refractivity (Wildman–Crippen MR) is 180 cm³/mol. The third-order valence-electron chi connectivity index (χ3n) is 8.35. The second-order valence-electron chi connectivity index (χ2n) is 11.1. The SMILES string of the molecule is N#Cc1ccc2c(c1)oc1cc(-c3cc(-c4ccc5c(c4)oc4cc(C#N)ccc45)cc(-c4nc5ccccc5s4)c3)ccc12. The van der Waals surface area contributed by atoms with Crippen molar-refractivity contribution in [1.29, 1.82) is 10.5 Å². The number of benzene rings is 6. The lowest BCUT2D eigenvalue weighted by molar-refractivity contribution is 0.668. The molecule has 0 saturated carbocycles. The molecule has 0 saturated heterocycles. The van der Waals surface area contributed by atoms with E-state index in [1.165, 1.54) is 0 Å². The van der Waals surface area contributed by atoms with Gasteiger partial charge in [-0.1, -0.05) is 24.3 Å². The molecule has 45 heavy (non-hydrogen) atoms. The van der Waals surface area contributed by atoms with Gasteiger partial charge in [0, 0.05) is 27.1 Å². The van der Waals surface area contributed by atoms with Crippen molar-refractivity contribution in [2.24, 2.45) is 0 Å². The molecular weight excluding hydrogens is 575 g/mol. The van der Waals surface area contributed by atoms with Gasteiger partial charge in [0.15, 0.2) is 0 Å². The lowest BCUT2D eigenvalue weighted by Gasteiger charge is -2.10. The summed E-state index contributed by atoms with van der Waals surface area (Å²) in [5.74, 6) is 0. The molecule has 0 N–H and O–H groups in total. The highest BCUT2D eigenvalue weighted by molar-refractivity contribution is 7.21. The number of para-hydroxylation sites is 1. The third-order valence-corrected chi connectivity index (χ3v) is 9.43. The highest BCUT2D eigenvalue weighted by atomic mass is 32.1. The highest BCUT2D eigenvalue weighted by Crippen LogP contribution is 2.40. The number of fused-ring (bicyclic) bond motifs is 7. The quantitative estimate of drug-likeness (QED) is 0.203. The molecule has 6 heteroatoms. The van der Waals surface area contributed by atoms with E-state index in [0.717, 1.165) is 75.8 Å². The molecule has 6 aromatic carbocycles. The van der Waals surface area contributed by atoms with Crippen LogP contribution in [0.4, 0.5) is 0 Å². The van der Waals surface area contributed by atoms with Crippen LogP contribution in [-0.2, 0) is 0 Å². The van der Waals surface area contributed by atoms with E-state index in [4.69, 9.17) is 13.8 Å². The van der Waals surface area contributed by atoms with Gasteiger partial charge in [-0.3, -0.25) is 0 Å². The number of nitrogens with zero attached hydrogens (tertiary/aromatic N) is 3. The summed E-state index contributed by atoms with van der Waals surface area (Å²) < 4.78 is 13.6. The van der Waals surface area contributed by atoms with Gasteiger partial charge in [-0.25, -0.2) is 4.98 Å². The van der Waals surface area contributed by atoms with Crippen LogP contribution in [0.2, 0.25) is 0 Å². The van der Waals surface area contributed by atoms with Crippen molar-refractivity contribution < 1.29 is 8.83 Å². The van der Waals surface area contributed by atoms with Crippen LogP contribution in [-0.4, -0.2) is 4.98 Å². The molecule has 0 radical (unpaired) electrons. The Labute approximate surface area is 260 Å². The van der Waals surface area contributed by atoms with E-state index in [2.05, 4.69) is 72.8 Å². The third kappa shape index (κ3) is 4.09. The summed E-state index contributed by atoms with van der Waals surface area (Å²) in [5.41, 5.74) is 10.2. The fourth-order valence-corrected chi connectivity index (χ4v) is 7.09. The number of hydrogen-bond donors (Lipinski definition) is 0. The van der Waals surface area contributed by atoms with Gasteiger partial charge in [0.2, 0.25) is 0 Å². The maximum absolute atomic E-state index is 9.35. The lowest BCUT2D eigenvalue weighted by Crippen LogP contribution is -1.86. The van der Waals surface area contributed by atoms with E-state index in [0.29, 0.717) is 22.3 Å². The van der Waals surface area contributed by atoms with E-state index in [-0.39, 0.29) is 0 Å². The van der Waals surface area contributed by atoms with Crippen molar-refractivity contribution in [2.45, 2.75) is 0 Å². The van der Waals surface area contributed by atoms with E-state index in [9.17, 15) is 10.5 Å². The van der Waals surface area contributed by atoms with E-state index in [1.54, 1.807) is 23.5 Å². The Hall–Kier alpha value is -6.21. The molecule has 208 valence electrons. The maximum atomic E-state index is 9.35. The molecule has 3 aromatic heterocycles. The summed E-state index contributed by atoms with van der Waals surface area (Å²) in [4.78, 5) is 4.97. The van der Waals surface area contributed by atoms with Crippen LogP contribution in [0.5, 0.6) is 0 Å². The van der Waals surface area contributed by atoms with Crippen molar-refractivity contribution >= 4 is 65.4 Å². The molecule has 0 bridgehead atoms. The predicted octanol–water partition coefficient (Wildman–Crippen LogP) is 10.8. The zero-order valence-corrected chi connectivity index (χ0v) is 24.4. The minimum Gasteiger partial charge on any atom is -0.456 e. The van der Waals surface area contributed by atoms with E-state index >= 15 is 0 Å². The fraction of sp³-hybridized carbons (Fsp3) is 0. The number of furan rings is 2. The topological polar surface area (TPSA) is 86.8 Å². The largest absolute Gasteiger partial charge is 0.456 e. The average Bonchev–Trinajstić information content (AvgIpc) is 3.79. The van der Waals surface area contributed by atoms with E-state index in [1.807, 2.05) is 42.5 Å². The van der Waals surface area contributed by atoms with Crippen molar-refractivity contribution in [3.8, 4) is 45.0 Å². The van der Waals surface area contributed by atoms with Crippen molar-refractivity contribution in [2.75, 3.05) is 0 Å². The normalized spacial score (nSPS) is 11.5. The van der Waals surface area contributed by atoms with E-state index < -0.39 is 0 Å². The van der Waals surface area contributed by atoms with Crippen LogP contribution in [0.15, 0.2) is 124 Å². The Morgan fingerprint density at radius 1 is 0.489 bits per heavy atom. The zero-order valence-electron chi connectivity index (χ0n) is 23.5. The van der Waals surface area contributed by atoms with Crippen molar-refractivity contribution in [3.63, 3.8) is 0 Å². The Balaban J connectivity index is 1.23. The molecule has 0 aliphatic rings. The summed E-state index contributed by atoms with van der Waals surface area (Å²) in [5, 5.41) is 23.6. The van der Waals surface area contributed by atoms with Crippen LogP contribution >= 0.6 is 11.3 Å². The van der Waals surface area contributed by atoms with Gasteiger partial charge in [-0.05, 0) is 113 Å². The van der Waals surface area contributed by atoms with Crippen LogP contribution in [0.1, 0.15) is 11.1 Å². The van der Waals surface area contributed by atoms with Gasteiger partial charge >= 0.3 is 0 Å². The number of rotatable bonds is 3. The molecule has 0 amide bonds. The number of aromatic nitrogens is 1. The first-order valence-electron chi connectivity index (χ1n) is 14.4. The Morgan fingerprint density at radius 2 is 0.978 bits per heavy atom. The number of thiazole rings is 1. The molecule has 0 aliphatic carbocycles. The van der Waals surface area contributed by atoms with Gasteiger partial charge in [0.25, 0.3) is 0 Å². The monoisotopic (exact) mass is 593 g/mol. The molecule has 0 atom stereocenters. The lowest BCUT2D eigenvalue weighted by atomic mass is 9.95.